The normalized spacial score (nSPS) is 10.2. The summed E-state index contributed by atoms with van der Waals surface area (Å²) < 4.78 is 0. The highest BCUT2D eigenvalue weighted by Crippen LogP contribution is 2.19. The Morgan fingerprint density at radius 3 is 2.59 bits per heavy atom. The van der Waals surface area contributed by atoms with E-state index in [-0.39, 0.29) is 0 Å². The molecule has 0 fully saturated rings. The predicted octanol–water partition coefficient (Wildman–Crippen LogP) is 2.61. The molecule has 88 valence electrons. The Hall–Kier alpha value is -2.03. The molecule has 2 N–H and O–H groups in total. The Morgan fingerprint density at radius 1 is 1.24 bits per heavy atom. The summed E-state index contributed by atoms with van der Waals surface area (Å²) in [5, 5.41) is 0. The molecule has 0 aliphatic carbocycles. The molecular weight excluding hydrogens is 210 g/mol. The van der Waals surface area contributed by atoms with Gasteiger partial charge in [-0.25, -0.2) is 4.98 Å². The molecule has 0 saturated carbocycles. The summed E-state index contributed by atoms with van der Waals surface area (Å²) >= 11 is 0. The number of benzene rings is 1. The van der Waals surface area contributed by atoms with Crippen LogP contribution in [0.4, 0.5) is 11.5 Å². The Bertz CT molecular complexity index is 494. The van der Waals surface area contributed by atoms with Crippen molar-refractivity contribution in [1.29, 1.82) is 0 Å². The number of hydrogen-bond acceptors (Lipinski definition) is 3. The molecule has 3 nitrogen and oxygen atoms in total. The standard InChI is InChI=1S/C14H17N3/c1-11-8-13(15)9-16-14(11)17(2)10-12-6-4-3-5-7-12/h3-9H,10,15H2,1-2H3. The van der Waals surface area contributed by atoms with Gasteiger partial charge in [-0.05, 0) is 24.1 Å². The Kier molecular flexibility index (Phi) is 3.28. The van der Waals surface area contributed by atoms with Crippen LogP contribution in [0, 0.1) is 6.92 Å². The van der Waals surface area contributed by atoms with Crippen molar-refractivity contribution in [2.45, 2.75) is 13.5 Å². The van der Waals surface area contributed by atoms with Gasteiger partial charge in [0.05, 0.1) is 11.9 Å². The van der Waals surface area contributed by atoms with E-state index in [2.05, 4.69) is 22.0 Å². The number of anilines is 2. The summed E-state index contributed by atoms with van der Waals surface area (Å²) in [5.74, 6) is 0.975. The van der Waals surface area contributed by atoms with Crippen molar-refractivity contribution < 1.29 is 0 Å². The lowest BCUT2D eigenvalue weighted by molar-refractivity contribution is 0.891. The third-order valence-electron chi connectivity index (χ3n) is 2.70. The molecule has 0 aliphatic heterocycles. The molecule has 1 heterocycles. The zero-order valence-corrected chi connectivity index (χ0v) is 10.2. The number of nitrogens with two attached hydrogens (primary N) is 1. The van der Waals surface area contributed by atoms with Crippen molar-refractivity contribution in [2.75, 3.05) is 17.7 Å². The van der Waals surface area contributed by atoms with Gasteiger partial charge in [0, 0.05) is 13.6 Å². The quantitative estimate of drug-likeness (QED) is 0.876. The number of nitrogens with zero attached hydrogens (tertiary/aromatic N) is 2. The molecule has 2 aromatic rings. The maximum Gasteiger partial charge on any atom is 0.131 e. The first-order chi connectivity index (χ1) is 8.16. The van der Waals surface area contributed by atoms with E-state index < -0.39 is 0 Å². The highest BCUT2D eigenvalue weighted by atomic mass is 15.2. The van der Waals surface area contributed by atoms with E-state index >= 15 is 0 Å². The average molecular weight is 227 g/mol. The van der Waals surface area contributed by atoms with Crippen LogP contribution in [-0.2, 0) is 6.54 Å². The Labute approximate surface area is 102 Å². The zero-order valence-electron chi connectivity index (χ0n) is 10.2. The van der Waals surface area contributed by atoms with E-state index in [0.717, 1.165) is 17.9 Å². The van der Waals surface area contributed by atoms with Crippen LogP contribution >= 0.6 is 0 Å². The number of aryl methyl sites for hydroxylation is 1. The largest absolute Gasteiger partial charge is 0.397 e. The van der Waals surface area contributed by atoms with E-state index in [1.54, 1.807) is 6.20 Å². The molecule has 1 aromatic heterocycles. The number of hydrogen-bond donors (Lipinski definition) is 1. The van der Waals surface area contributed by atoms with Crippen molar-refractivity contribution in [3.05, 3.63) is 53.7 Å². The molecule has 0 atom stereocenters. The third kappa shape index (κ3) is 2.75. The summed E-state index contributed by atoms with van der Waals surface area (Å²) in [6, 6.07) is 12.3. The Balaban J connectivity index is 2.17. The zero-order chi connectivity index (χ0) is 12.3. The average Bonchev–Trinajstić information content (AvgIpc) is 2.30. The fourth-order valence-corrected chi connectivity index (χ4v) is 1.92. The van der Waals surface area contributed by atoms with Crippen molar-refractivity contribution in [3.8, 4) is 0 Å². The van der Waals surface area contributed by atoms with Crippen molar-refractivity contribution in [1.82, 2.24) is 4.98 Å². The number of nitrogen functional groups attached to an aromatic ring is 1. The van der Waals surface area contributed by atoms with Crippen LogP contribution in [-0.4, -0.2) is 12.0 Å². The first-order valence-electron chi connectivity index (χ1n) is 5.64. The molecule has 1 aromatic carbocycles. The fraction of sp³-hybridized carbons (Fsp3) is 0.214. The molecule has 2 rings (SSSR count). The highest BCUT2D eigenvalue weighted by Gasteiger charge is 2.06. The lowest BCUT2D eigenvalue weighted by Gasteiger charge is -2.20. The van der Waals surface area contributed by atoms with E-state index in [0.29, 0.717) is 5.69 Å². The van der Waals surface area contributed by atoms with Gasteiger partial charge in [-0.1, -0.05) is 30.3 Å². The van der Waals surface area contributed by atoms with Crippen molar-refractivity contribution in [2.24, 2.45) is 0 Å². The van der Waals surface area contributed by atoms with Gasteiger partial charge in [0.15, 0.2) is 0 Å². The van der Waals surface area contributed by atoms with Crippen LogP contribution in [0.25, 0.3) is 0 Å². The van der Waals surface area contributed by atoms with Crippen LogP contribution in [0.15, 0.2) is 42.6 Å². The van der Waals surface area contributed by atoms with E-state index in [1.165, 1.54) is 5.56 Å². The molecule has 0 amide bonds. The molecule has 0 aliphatic rings. The van der Waals surface area contributed by atoms with E-state index in [4.69, 9.17) is 5.73 Å². The molecule has 0 radical (unpaired) electrons. The maximum absolute atomic E-state index is 5.70. The third-order valence-corrected chi connectivity index (χ3v) is 2.70. The topological polar surface area (TPSA) is 42.1 Å². The van der Waals surface area contributed by atoms with Gasteiger partial charge in [0.2, 0.25) is 0 Å². The molecule has 3 heteroatoms. The second-order valence-electron chi connectivity index (χ2n) is 4.25. The number of rotatable bonds is 3. The molecular formula is C14H17N3. The summed E-state index contributed by atoms with van der Waals surface area (Å²) in [4.78, 5) is 6.50. The lowest BCUT2D eigenvalue weighted by Crippen LogP contribution is -2.18. The predicted molar refractivity (Wildman–Crippen MR) is 71.9 cm³/mol. The summed E-state index contributed by atoms with van der Waals surface area (Å²) in [7, 11) is 2.04. The van der Waals surface area contributed by atoms with Gasteiger partial charge in [-0.3, -0.25) is 0 Å². The van der Waals surface area contributed by atoms with Crippen LogP contribution in [0.1, 0.15) is 11.1 Å². The summed E-state index contributed by atoms with van der Waals surface area (Å²) in [5.41, 5.74) is 8.78. The van der Waals surface area contributed by atoms with Crippen LogP contribution in [0.5, 0.6) is 0 Å². The smallest absolute Gasteiger partial charge is 0.131 e. The van der Waals surface area contributed by atoms with Gasteiger partial charge in [0.1, 0.15) is 5.82 Å². The molecule has 0 unspecified atom stereocenters. The SMILES string of the molecule is Cc1cc(N)cnc1N(C)Cc1ccccc1. The van der Waals surface area contributed by atoms with Crippen LogP contribution in [0.2, 0.25) is 0 Å². The minimum absolute atomic E-state index is 0.708. The van der Waals surface area contributed by atoms with Gasteiger partial charge in [-0.2, -0.15) is 0 Å². The van der Waals surface area contributed by atoms with E-state index in [1.807, 2.05) is 38.2 Å². The minimum Gasteiger partial charge on any atom is -0.397 e. The molecule has 0 bridgehead atoms. The lowest BCUT2D eigenvalue weighted by atomic mass is 10.2. The fourth-order valence-electron chi connectivity index (χ4n) is 1.92. The molecule has 0 spiro atoms. The minimum atomic E-state index is 0.708. The van der Waals surface area contributed by atoms with Gasteiger partial charge in [0.25, 0.3) is 0 Å². The van der Waals surface area contributed by atoms with Crippen LogP contribution in [0.3, 0.4) is 0 Å². The van der Waals surface area contributed by atoms with Crippen LogP contribution < -0.4 is 10.6 Å². The van der Waals surface area contributed by atoms with Crippen molar-refractivity contribution in [3.63, 3.8) is 0 Å². The molecule has 0 saturated heterocycles. The highest BCUT2D eigenvalue weighted by molar-refractivity contribution is 5.52. The van der Waals surface area contributed by atoms with E-state index in [9.17, 15) is 0 Å². The maximum atomic E-state index is 5.70. The van der Waals surface area contributed by atoms with Gasteiger partial charge in [-0.15, -0.1) is 0 Å². The first-order valence-corrected chi connectivity index (χ1v) is 5.64. The summed E-state index contributed by atoms with van der Waals surface area (Å²) in [6.07, 6.45) is 1.70. The number of pyridine rings is 1. The van der Waals surface area contributed by atoms with Gasteiger partial charge < -0.3 is 10.6 Å². The first kappa shape index (κ1) is 11.5. The second-order valence-corrected chi connectivity index (χ2v) is 4.25. The molecule has 17 heavy (non-hydrogen) atoms. The van der Waals surface area contributed by atoms with Gasteiger partial charge >= 0.3 is 0 Å². The summed E-state index contributed by atoms with van der Waals surface area (Å²) in [6.45, 7) is 2.87. The Morgan fingerprint density at radius 2 is 1.94 bits per heavy atom. The monoisotopic (exact) mass is 227 g/mol. The van der Waals surface area contributed by atoms with Crippen molar-refractivity contribution >= 4 is 11.5 Å². The second kappa shape index (κ2) is 4.87. The number of aromatic nitrogens is 1.